The second-order valence-corrected chi connectivity index (χ2v) is 8.15. The van der Waals surface area contributed by atoms with Crippen molar-refractivity contribution in [2.75, 3.05) is 38.1 Å². The lowest BCUT2D eigenvalue weighted by Crippen LogP contribution is -2.45. The first kappa shape index (κ1) is 22.1. The van der Waals surface area contributed by atoms with Gasteiger partial charge in [-0.3, -0.25) is 14.6 Å². The summed E-state index contributed by atoms with van der Waals surface area (Å²) in [4.78, 5) is 17.6. The van der Waals surface area contributed by atoms with Gasteiger partial charge in [0, 0.05) is 50.5 Å². The molecule has 0 bridgehead atoms. The predicted octanol–water partition coefficient (Wildman–Crippen LogP) is 4.66. The van der Waals surface area contributed by atoms with Crippen LogP contribution in [0.2, 0.25) is 0 Å². The number of piperazine rings is 1. The summed E-state index contributed by atoms with van der Waals surface area (Å²) in [6.07, 6.45) is 0. The average molecular weight is 430 g/mol. The summed E-state index contributed by atoms with van der Waals surface area (Å²) >= 11 is 0. The molecule has 0 saturated carbocycles. The number of amides is 1. The molecule has 4 rings (SSSR count). The number of ether oxygens (including phenoxy) is 1. The molecule has 0 radical (unpaired) electrons. The fourth-order valence-corrected chi connectivity index (χ4v) is 3.97. The molecule has 1 aliphatic rings. The fraction of sp³-hybridized carbons (Fsp3) is 0.296. The molecule has 3 aromatic carbocycles. The van der Waals surface area contributed by atoms with Gasteiger partial charge in [-0.15, -0.1) is 0 Å². The van der Waals surface area contributed by atoms with Crippen LogP contribution in [0.25, 0.3) is 0 Å². The number of hydrogen-bond donors (Lipinski definition) is 1. The minimum atomic E-state index is -0.102. The maximum Gasteiger partial charge on any atom is 0.255 e. The van der Waals surface area contributed by atoms with E-state index in [1.165, 1.54) is 11.1 Å². The molecule has 5 heteroatoms. The van der Waals surface area contributed by atoms with Gasteiger partial charge in [0.25, 0.3) is 5.91 Å². The van der Waals surface area contributed by atoms with E-state index in [1.54, 1.807) is 0 Å². The summed E-state index contributed by atoms with van der Waals surface area (Å²) in [5.41, 5.74) is 4.03. The zero-order chi connectivity index (χ0) is 22.2. The average Bonchev–Trinajstić information content (AvgIpc) is 2.83. The number of hydrogen-bond acceptors (Lipinski definition) is 4. The highest BCUT2D eigenvalue weighted by Gasteiger charge is 2.17. The summed E-state index contributed by atoms with van der Waals surface area (Å²) in [6, 6.07) is 26.0. The molecule has 1 saturated heterocycles. The Bertz CT molecular complexity index is 980. The Balaban J connectivity index is 1.24. The van der Waals surface area contributed by atoms with Gasteiger partial charge in [-0.25, -0.2) is 0 Å². The van der Waals surface area contributed by atoms with Crippen LogP contribution in [0.1, 0.15) is 28.4 Å². The van der Waals surface area contributed by atoms with Gasteiger partial charge in [0.2, 0.25) is 0 Å². The number of benzene rings is 3. The molecule has 0 unspecified atom stereocenters. The smallest absolute Gasteiger partial charge is 0.255 e. The van der Waals surface area contributed by atoms with Crippen molar-refractivity contribution in [2.45, 2.75) is 20.0 Å². The quantitative estimate of drug-likeness (QED) is 0.566. The number of carbonyl (C=O) groups excluding carboxylic acids is 1. The van der Waals surface area contributed by atoms with E-state index in [0.717, 1.165) is 50.7 Å². The largest absolute Gasteiger partial charge is 0.494 e. The highest BCUT2D eigenvalue weighted by atomic mass is 16.5. The Morgan fingerprint density at radius 3 is 1.91 bits per heavy atom. The van der Waals surface area contributed by atoms with E-state index in [1.807, 2.05) is 43.3 Å². The number of carbonyl (C=O) groups is 1. The van der Waals surface area contributed by atoms with Gasteiger partial charge in [-0.1, -0.05) is 42.5 Å². The normalized spacial score (nSPS) is 14.8. The summed E-state index contributed by atoms with van der Waals surface area (Å²) in [5, 5.41) is 2.94. The first-order valence-electron chi connectivity index (χ1n) is 11.3. The van der Waals surface area contributed by atoms with E-state index in [4.69, 9.17) is 4.74 Å². The van der Waals surface area contributed by atoms with Gasteiger partial charge in [-0.05, 0) is 54.4 Å². The van der Waals surface area contributed by atoms with Crippen molar-refractivity contribution in [3.05, 3.63) is 95.6 Å². The molecule has 0 atom stereocenters. The summed E-state index contributed by atoms with van der Waals surface area (Å²) in [7, 11) is 0. The van der Waals surface area contributed by atoms with Gasteiger partial charge >= 0.3 is 0 Å². The molecule has 32 heavy (non-hydrogen) atoms. The standard InChI is InChI=1S/C27H31N3O2/c1-2-32-26-14-12-25(13-15-26)28-27(31)24-10-8-23(9-11-24)21-30-18-16-29(17-19-30)20-22-6-4-3-5-7-22/h3-15H,2,16-21H2,1H3,(H,28,31). The zero-order valence-electron chi connectivity index (χ0n) is 18.7. The summed E-state index contributed by atoms with van der Waals surface area (Å²) in [6.45, 7) is 8.80. The molecular formula is C27H31N3O2. The van der Waals surface area contributed by atoms with Crippen LogP contribution in [0.5, 0.6) is 5.75 Å². The topological polar surface area (TPSA) is 44.8 Å². The van der Waals surface area contributed by atoms with Crippen LogP contribution in [0.4, 0.5) is 5.69 Å². The van der Waals surface area contributed by atoms with E-state index in [2.05, 4.69) is 57.6 Å². The van der Waals surface area contributed by atoms with Crippen molar-refractivity contribution in [2.24, 2.45) is 0 Å². The second kappa shape index (κ2) is 10.9. The molecule has 0 aliphatic carbocycles. The summed E-state index contributed by atoms with van der Waals surface area (Å²) < 4.78 is 5.44. The maximum absolute atomic E-state index is 12.6. The third-order valence-corrected chi connectivity index (χ3v) is 5.76. The summed E-state index contributed by atoms with van der Waals surface area (Å²) in [5.74, 6) is 0.700. The Labute approximate surface area is 190 Å². The van der Waals surface area contributed by atoms with Crippen molar-refractivity contribution in [1.29, 1.82) is 0 Å². The van der Waals surface area contributed by atoms with E-state index in [0.29, 0.717) is 12.2 Å². The first-order valence-corrected chi connectivity index (χ1v) is 11.3. The maximum atomic E-state index is 12.6. The van der Waals surface area contributed by atoms with Crippen LogP contribution in [-0.4, -0.2) is 48.5 Å². The number of nitrogens with one attached hydrogen (secondary N) is 1. The predicted molar refractivity (Wildman–Crippen MR) is 129 cm³/mol. The lowest BCUT2D eigenvalue weighted by atomic mass is 10.1. The highest BCUT2D eigenvalue weighted by Crippen LogP contribution is 2.17. The van der Waals surface area contributed by atoms with E-state index < -0.39 is 0 Å². The molecule has 0 spiro atoms. The third kappa shape index (κ3) is 6.19. The monoisotopic (exact) mass is 429 g/mol. The number of rotatable bonds is 8. The van der Waals surface area contributed by atoms with Crippen LogP contribution in [0.3, 0.4) is 0 Å². The van der Waals surface area contributed by atoms with Crippen LogP contribution < -0.4 is 10.1 Å². The van der Waals surface area contributed by atoms with E-state index in [-0.39, 0.29) is 5.91 Å². The van der Waals surface area contributed by atoms with Crippen molar-refractivity contribution in [1.82, 2.24) is 9.80 Å². The highest BCUT2D eigenvalue weighted by molar-refractivity contribution is 6.04. The Morgan fingerprint density at radius 1 is 0.781 bits per heavy atom. The SMILES string of the molecule is CCOc1ccc(NC(=O)c2ccc(CN3CCN(Cc4ccccc4)CC3)cc2)cc1. The van der Waals surface area contributed by atoms with Gasteiger partial charge in [0.15, 0.2) is 0 Å². The molecule has 0 aromatic heterocycles. The minimum absolute atomic E-state index is 0.102. The Morgan fingerprint density at radius 2 is 1.34 bits per heavy atom. The molecule has 5 nitrogen and oxygen atoms in total. The van der Waals surface area contributed by atoms with E-state index in [9.17, 15) is 4.79 Å². The lowest BCUT2D eigenvalue weighted by Gasteiger charge is -2.34. The fourth-order valence-electron chi connectivity index (χ4n) is 3.97. The van der Waals surface area contributed by atoms with Crippen LogP contribution in [0, 0.1) is 0 Å². The Hall–Kier alpha value is -3.15. The number of anilines is 1. The molecular weight excluding hydrogens is 398 g/mol. The first-order chi connectivity index (χ1) is 15.7. The van der Waals surface area contributed by atoms with Gasteiger partial charge in [-0.2, -0.15) is 0 Å². The Kier molecular flexibility index (Phi) is 7.54. The van der Waals surface area contributed by atoms with Crippen molar-refractivity contribution in [3.8, 4) is 5.75 Å². The van der Waals surface area contributed by atoms with Crippen molar-refractivity contribution in [3.63, 3.8) is 0 Å². The zero-order valence-corrected chi connectivity index (χ0v) is 18.7. The van der Waals surface area contributed by atoms with Crippen molar-refractivity contribution < 1.29 is 9.53 Å². The van der Waals surface area contributed by atoms with Gasteiger partial charge in [0.05, 0.1) is 6.61 Å². The molecule has 1 fully saturated rings. The van der Waals surface area contributed by atoms with E-state index >= 15 is 0 Å². The van der Waals surface area contributed by atoms with Crippen LogP contribution >= 0.6 is 0 Å². The molecule has 1 N–H and O–H groups in total. The third-order valence-electron chi connectivity index (χ3n) is 5.76. The van der Waals surface area contributed by atoms with Crippen molar-refractivity contribution >= 4 is 11.6 Å². The van der Waals surface area contributed by atoms with Crippen LogP contribution in [0.15, 0.2) is 78.9 Å². The minimum Gasteiger partial charge on any atom is -0.494 e. The van der Waals surface area contributed by atoms with Gasteiger partial charge in [0.1, 0.15) is 5.75 Å². The van der Waals surface area contributed by atoms with Gasteiger partial charge < -0.3 is 10.1 Å². The lowest BCUT2D eigenvalue weighted by molar-refractivity contribution is 0.102. The molecule has 3 aromatic rings. The number of nitrogens with zero attached hydrogens (tertiary/aromatic N) is 2. The van der Waals surface area contributed by atoms with Crippen LogP contribution in [-0.2, 0) is 13.1 Å². The molecule has 1 aliphatic heterocycles. The molecule has 1 heterocycles. The second-order valence-electron chi connectivity index (χ2n) is 8.15. The molecule has 166 valence electrons. The molecule has 1 amide bonds.